The highest BCUT2D eigenvalue weighted by Crippen LogP contribution is 2.36. The van der Waals surface area contributed by atoms with Gasteiger partial charge in [0.1, 0.15) is 5.75 Å². The maximum atomic E-state index is 8.83. The average Bonchev–Trinajstić information content (AvgIpc) is 2.32. The van der Waals surface area contributed by atoms with Crippen molar-refractivity contribution in [3.05, 3.63) is 29.8 Å². The standard InChI is InChI=1S/C15H19NO/c1-15(2)8-6-13(7-9-15)17-14-5-3-4-12(10-14)11-16/h3-5,10,13H,6-9H2,1-2H3. The Balaban J connectivity index is 1.96. The summed E-state index contributed by atoms with van der Waals surface area (Å²) in [6.45, 7) is 4.64. The van der Waals surface area contributed by atoms with Gasteiger partial charge >= 0.3 is 0 Å². The Labute approximate surface area is 103 Å². The first-order chi connectivity index (χ1) is 8.09. The molecule has 0 aliphatic heterocycles. The largest absolute Gasteiger partial charge is 0.490 e. The van der Waals surface area contributed by atoms with Crippen molar-refractivity contribution in [2.75, 3.05) is 0 Å². The molecular weight excluding hydrogens is 210 g/mol. The van der Waals surface area contributed by atoms with Crippen LogP contribution >= 0.6 is 0 Å². The van der Waals surface area contributed by atoms with E-state index >= 15 is 0 Å². The molecule has 0 amide bonds. The molecule has 2 nitrogen and oxygen atoms in total. The number of hydrogen-bond acceptors (Lipinski definition) is 2. The molecule has 0 spiro atoms. The molecule has 0 radical (unpaired) electrons. The molecule has 1 fully saturated rings. The van der Waals surface area contributed by atoms with Crippen molar-refractivity contribution >= 4 is 0 Å². The van der Waals surface area contributed by atoms with Crippen LogP contribution in [0.4, 0.5) is 0 Å². The summed E-state index contributed by atoms with van der Waals surface area (Å²) >= 11 is 0. The Morgan fingerprint density at radius 1 is 1.29 bits per heavy atom. The van der Waals surface area contributed by atoms with Crippen molar-refractivity contribution in [1.29, 1.82) is 5.26 Å². The van der Waals surface area contributed by atoms with Gasteiger partial charge in [-0.05, 0) is 49.3 Å². The molecule has 0 atom stereocenters. The number of nitrogens with zero attached hydrogens (tertiary/aromatic N) is 1. The van der Waals surface area contributed by atoms with Gasteiger partial charge in [0.25, 0.3) is 0 Å². The van der Waals surface area contributed by atoms with E-state index in [9.17, 15) is 0 Å². The molecule has 0 N–H and O–H groups in total. The predicted molar refractivity (Wildman–Crippen MR) is 67.8 cm³/mol. The fourth-order valence-corrected chi connectivity index (χ4v) is 2.32. The van der Waals surface area contributed by atoms with Gasteiger partial charge in [0, 0.05) is 0 Å². The van der Waals surface area contributed by atoms with Gasteiger partial charge in [-0.3, -0.25) is 0 Å². The Bertz CT molecular complexity index is 421. The van der Waals surface area contributed by atoms with E-state index in [2.05, 4.69) is 19.9 Å². The Morgan fingerprint density at radius 3 is 2.65 bits per heavy atom. The third kappa shape index (κ3) is 3.23. The summed E-state index contributed by atoms with van der Waals surface area (Å²) in [7, 11) is 0. The third-order valence-corrected chi connectivity index (χ3v) is 3.55. The van der Waals surface area contributed by atoms with E-state index in [1.54, 1.807) is 6.07 Å². The third-order valence-electron chi connectivity index (χ3n) is 3.55. The minimum atomic E-state index is 0.317. The van der Waals surface area contributed by atoms with Crippen molar-refractivity contribution in [2.45, 2.75) is 45.6 Å². The van der Waals surface area contributed by atoms with Gasteiger partial charge in [-0.15, -0.1) is 0 Å². The Morgan fingerprint density at radius 2 is 2.00 bits per heavy atom. The SMILES string of the molecule is CC1(C)CCC(Oc2cccc(C#N)c2)CC1. The smallest absolute Gasteiger partial charge is 0.121 e. The van der Waals surface area contributed by atoms with Crippen LogP contribution in [0.25, 0.3) is 0 Å². The summed E-state index contributed by atoms with van der Waals surface area (Å²) in [6, 6.07) is 9.57. The highest BCUT2D eigenvalue weighted by Gasteiger charge is 2.27. The van der Waals surface area contributed by atoms with Crippen molar-refractivity contribution in [1.82, 2.24) is 0 Å². The lowest BCUT2D eigenvalue weighted by molar-refractivity contribution is 0.0987. The van der Waals surface area contributed by atoms with E-state index in [1.807, 2.05) is 18.2 Å². The van der Waals surface area contributed by atoms with Crippen molar-refractivity contribution in [2.24, 2.45) is 5.41 Å². The van der Waals surface area contributed by atoms with E-state index in [0.29, 0.717) is 17.1 Å². The predicted octanol–water partition coefficient (Wildman–Crippen LogP) is 3.91. The Kier molecular flexibility index (Phi) is 3.38. The van der Waals surface area contributed by atoms with Gasteiger partial charge in [-0.1, -0.05) is 19.9 Å². The number of benzene rings is 1. The van der Waals surface area contributed by atoms with Gasteiger partial charge in [-0.25, -0.2) is 0 Å². The van der Waals surface area contributed by atoms with E-state index in [1.165, 1.54) is 12.8 Å². The summed E-state index contributed by atoms with van der Waals surface area (Å²) in [5.74, 6) is 0.828. The molecule has 1 aliphatic carbocycles. The van der Waals surface area contributed by atoms with Gasteiger partial charge in [-0.2, -0.15) is 5.26 Å². The Hall–Kier alpha value is -1.49. The fraction of sp³-hybridized carbons (Fsp3) is 0.533. The second-order valence-corrected chi connectivity index (χ2v) is 5.62. The summed E-state index contributed by atoms with van der Waals surface area (Å²) in [6.07, 6.45) is 4.98. The number of ether oxygens (including phenoxy) is 1. The van der Waals surface area contributed by atoms with Gasteiger partial charge < -0.3 is 4.74 Å². The quantitative estimate of drug-likeness (QED) is 0.770. The first kappa shape index (κ1) is 12.0. The molecule has 0 unspecified atom stereocenters. The summed E-state index contributed by atoms with van der Waals surface area (Å²) in [4.78, 5) is 0. The molecule has 0 heterocycles. The minimum Gasteiger partial charge on any atom is -0.490 e. The molecule has 1 aromatic carbocycles. The van der Waals surface area contributed by atoms with Gasteiger partial charge in [0.15, 0.2) is 0 Å². The summed E-state index contributed by atoms with van der Waals surface area (Å²) in [5, 5.41) is 8.83. The first-order valence-corrected chi connectivity index (χ1v) is 6.26. The maximum absolute atomic E-state index is 8.83. The van der Waals surface area contributed by atoms with Gasteiger partial charge in [0.05, 0.1) is 17.7 Å². The molecule has 2 heteroatoms. The maximum Gasteiger partial charge on any atom is 0.121 e. The van der Waals surface area contributed by atoms with Crippen LogP contribution < -0.4 is 4.74 Å². The zero-order chi connectivity index (χ0) is 12.3. The van der Waals surface area contributed by atoms with Crippen LogP contribution in [-0.2, 0) is 0 Å². The topological polar surface area (TPSA) is 33.0 Å². The highest BCUT2D eigenvalue weighted by atomic mass is 16.5. The number of hydrogen-bond donors (Lipinski definition) is 0. The molecule has 1 saturated carbocycles. The lowest BCUT2D eigenvalue weighted by Crippen LogP contribution is -2.28. The van der Waals surface area contributed by atoms with E-state index < -0.39 is 0 Å². The second kappa shape index (κ2) is 4.79. The van der Waals surface area contributed by atoms with Crippen LogP contribution in [0.1, 0.15) is 45.1 Å². The van der Waals surface area contributed by atoms with Crippen LogP contribution in [0.3, 0.4) is 0 Å². The molecular formula is C15H19NO. The number of nitriles is 1. The summed E-state index contributed by atoms with van der Waals surface area (Å²) in [5.41, 5.74) is 1.13. The molecule has 17 heavy (non-hydrogen) atoms. The molecule has 1 aliphatic rings. The van der Waals surface area contributed by atoms with E-state index in [0.717, 1.165) is 18.6 Å². The van der Waals surface area contributed by atoms with Gasteiger partial charge in [0.2, 0.25) is 0 Å². The van der Waals surface area contributed by atoms with E-state index in [-0.39, 0.29) is 0 Å². The van der Waals surface area contributed by atoms with Crippen LogP contribution in [0.5, 0.6) is 5.75 Å². The van der Waals surface area contributed by atoms with Crippen LogP contribution in [-0.4, -0.2) is 6.10 Å². The van der Waals surface area contributed by atoms with E-state index in [4.69, 9.17) is 10.00 Å². The zero-order valence-electron chi connectivity index (χ0n) is 10.6. The molecule has 0 saturated heterocycles. The van der Waals surface area contributed by atoms with Crippen LogP contribution in [0, 0.1) is 16.7 Å². The molecule has 2 rings (SSSR count). The molecule has 1 aromatic rings. The van der Waals surface area contributed by atoms with Crippen molar-refractivity contribution in [3.63, 3.8) is 0 Å². The lowest BCUT2D eigenvalue weighted by Gasteiger charge is -2.34. The molecule has 0 aromatic heterocycles. The van der Waals surface area contributed by atoms with Crippen molar-refractivity contribution < 1.29 is 4.74 Å². The highest BCUT2D eigenvalue weighted by molar-refractivity contribution is 5.36. The average molecular weight is 229 g/mol. The minimum absolute atomic E-state index is 0.317. The fourth-order valence-electron chi connectivity index (χ4n) is 2.32. The van der Waals surface area contributed by atoms with Crippen LogP contribution in [0.2, 0.25) is 0 Å². The van der Waals surface area contributed by atoms with Crippen LogP contribution in [0.15, 0.2) is 24.3 Å². The summed E-state index contributed by atoms with van der Waals surface area (Å²) < 4.78 is 5.94. The molecule has 90 valence electrons. The monoisotopic (exact) mass is 229 g/mol. The second-order valence-electron chi connectivity index (χ2n) is 5.62. The number of rotatable bonds is 2. The van der Waals surface area contributed by atoms with Crippen molar-refractivity contribution in [3.8, 4) is 11.8 Å². The lowest BCUT2D eigenvalue weighted by atomic mass is 9.76. The zero-order valence-corrected chi connectivity index (χ0v) is 10.6. The first-order valence-electron chi connectivity index (χ1n) is 6.26. The molecule has 0 bridgehead atoms. The normalized spacial score (nSPS) is 19.6.